The first-order chi connectivity index (χ1) is 12.1. The van der Waals surface area contributed by atoms with Gasteiger partial charge in [-0.2, -0.15) is 0 Å². The van der Waals surface area contributed by atoms with E-state index in [4.69, 9.17) is 4.74 Å². The van der Waals surface area contributed by atoms with E-state index < -0.39 is 0 Å². The number of aromatic nitrogens is 1. The molecule has 2 N–H and O–H groups in total. The van der Waals surface area contributed by atoms with Crippen molar-refractivity contribution in [3.8, 4) is 0 Å². The molecule has 0 unspecified atom stereocenters. The molecular formula is C19H26N4O2. The highest BCUT2D eigenvalue weighted by Gasteiger charge is 2.21. The largest absolute Gasteiger partial charge is 0.373 e. The molecule has 1 fully saturated rings. The Bertz CT molecular complexity index is 711. The van der Waals surface area contributed by atoms with Gasteiger partial charge >= 0.3 is 6.03 Å². The molecule has 134 valence electrons. The maximum atomic E-state index is 12.0. The van der Waals surface area contributed by atoms with Crippen LogP contribution in [-0.2, 0) is 4.74 Å². The second-order valence-corrected chi connectivity index (χ2v) is 6.66. The summed E-state index contributed by atoms with van der Waals surface area (Å²) in [5.74, 6) is 0. The Morgan fingerprint density at radius 3 is 2.88 bits per heavy atom. The van der Waals surface area contributed by atoms with Crippen molar-refractivity contribution in [2.45, 2.75) is 32.5 Å². The van der Waals surface area contributed by atoms with Gasteiger partial charge in [-0.3, -0.25) is 9.88 Å². The topological polar surface area (TPSA) is 66.5 Å². The van der Waals surface area contributed by atoms with Crippen LogP contribution < -0.4 is 10.6 Å². The molecule has 0 spiro atoms. The first-order valence-corrected chi connectivity index (χ1v) is 8.87. The molecule has 0 saturated carbocycles. The van der Waals surface area contributed by atoms with E-state index in [-0.39, 0.29) is 18.2 Å². The molecule has 1 aliphatic heterocycles. The van der Waals surface area contributed by atoms with Crippen molar-refractivity contribution in [2.24, 2.45) is 0 Å². The number of ether oxygens (including phenoxy) is 1. The van der Waals surface area contributed by atoms with Crippen molar-refractivity contribution in [1.29, 1.82) is 0 Å². The molecule has 0 aliphatic carbocycles. The van der Waals surface area contributed by atoms with Crippen LogP contribution in [0.1, 0.15) is 20.3 Å². The Morgan fingerprint density at radius 1 is 1.28 bits per heavy atom. The molecule has 1 saturated heterocycles. The summed E-state index contributed by atoms with van der Waals surface area (Å²) in [6.07, 6.45) is 3.25. The molecule has 6 heteroatoms. The standard InChI is InChI=1S/C19H26N4O2/c1-14-12-23(13-15(2)25-14)10-4-9-21-19(24)22-17-6-7-18-16(11-17)5-3-8-20-18/h3,5-8,11,14-15H,4,9-10,12-13H2,1-2H3,(H2,21,22,24)/t14-,15+. The molecule has 2 aromatic rings. The van der Waals surface area contributed by atoms with Crippen molar-refractivity contribution < 1.29 is 9.53 Å². The van der Waals surface area contributed by atoms with Gasteiger partial charge in [0.15, 0.2) is 0 Å². The number of benzene rings is 1. The second-order valence-electron chi connectivity index (χ2n) is 6.66. The third-order valence-electron chi connectivity index (χ3n) is 4.29. The number of carbonyl (C=O) groups excluding carboxylic acids is 1. The van der Waals surface area contributed by atoms with Crippen LogP contribution in [0.25, 0.3) is 10.9 Å². The Hall–Kier alpha value is -2.18. The number of fused-ring (bicyclic) bond motifs is 1. The van der Waals surface area contributed by atoms with Crippen molar-refractivity contribution in [2.75, 3.05) is 31.5 Å². The third-order valence-corrected chi connectivity index (χ3v) is 4.29. The number of amides is 2. The first kappa shape index (κ1) is 17.6. The smallest absolute Gasteiger partial charge is 0.319 e. The fourth-order valence-electron chi connectivity index (χ4n) is 3.30. The highest BCUT2D eigenvalue weighted by atomic mass is 16.5. The lowest BCUT2D eigenvalue weighted by atomic mass is 10.2. The van der Waals surface area contributed by atoms with Crippen LogP contribution in [0.4, 0.5) is 10.5 Å². The second kappa shape index (κ2) is 8.27. The number of pyridine rings is 1. The Morgan fingerprint density at radius 2 is 2.08 bits per heavy atom. The SMILES string of the molecule is C[C@@H]1CN(CCCNC(=O)Nc2ccc3ncccc3c2)C[C@H](C)O1. The summed E-state index contributed by atoms with van der Waals surface area (Å²) in [4.78, 5) is 18.7. The number of urea groups is 1. The van der Waals surface area contributed by atoms with E-state index in [1.807, 2.05) is 30.3 Å². The van der Waals surface area contributed by atoms with Crippen LogP contribution in [-0.4, -0.2) is 54.3 Å². The number of morpholine rings is 1. The van der Waals surface area contributed by atoms with Crippen molar-refractivity contribution in [3.05, 3.63) is 36.5 Å². The van der Waals surface area contributed by atoms with E-state index in [1.165, 1.54) is 0 Å². The number of nitrogens with one attached hydrogen (secondary N) is 2. The van der Waals surface area contributed by atoms with Crippen molar-refractivity contribution in [3.63, 3.8) is 0 Å². The van der Waals surface area contributed by atoms with E-state index in [2.05, 4.69) is 34.4 Å². The predicted molar refractivity (Wildman–Crippen MR) is 99.8 cm³/mol. The molecule has 0 bridgehead atoms. The van der Waals surface area contributed by atoms with Gasteiger partial charge in [-0.1, -0.05) is 6.07 Å². The lowest BCUT2D eigenvalue weighted by Gasteiger charge is -2.35. The molecule has 2 heterocycles. The normalized spacial score (nSPS) is 21.2. The highest BCUT2D eigenvalue weighted by Crippen LogP contribution is 2.16. The zero-order valence-electron chi connectivity index (χ0n) is 14.9. The highest BCUT2D eigenvalue weighted by molar-refractivity contribution is 5.92. The molecule has 0 radical (unpaired) electrons. The van der Waals surface area contributed by atoms with Gasteiger partial charge in [0.25, 0.3) is 0 Å². The monoisotopic (exact) mass is 342 g/mol. The predicted octanol–water partition coefficient (Wildman–Crippen LogP) is 2.86. The van der Waals surface area contributed by atoms with Crippen LogP contribution in [0.5, 0.6) is 0 Å². The maximum absolute atomic E-state index is 12.0. The summed E-state index contributed by atoms with van der Waals surface area (Å²) in [5.41, 5.74) is 1.69. The van der Waals surface area contributed by atoms with E-state index >= 15 is 0 Å². The molecule has 1 aliphatic rings. The van der Waals surface area contributed by atoms with Crippen molar-refractivity contribution in [1.82, 2.24) is 15.2 Å². The summed E-state index contributed by atoms with van der Waals surface area (Å²) in [6, 6.07) is 9.40. The van der Waals surface area contributed by atoms with E-state index in [0.29, 0.717) is 6.54 Å². The quantitative estimate of drug-likeness (QED) is 0.820. The fourth-order valence-corrected chi connectivity index (χ4v) is 3.30. The molecule has 2 atom stereocenters. The van der Waals surface area contributed by atoms with E-state index in [1.54, 1.807) is 6.20 Å². The number of carbonyl (C=O) groups is 1. The molecule has 3 rings (SSSR count). The minimum Gasteiger partial charge on any atom is -0.373 e. The number of anilines is 1. The zero-order valence-corrected chi connectivity index (χ0v) is 14.9. The Balaban J connectivity index is 1.40. The van der Waals surface area contributed by atoms with E-state index in [9.17, 15) is 4.79 Å². The Labute approximate surface area is 148 Å². The van der Waals surface area contributed by atoms with Gasteiger partial charge in [0, 0.05) is 43.4 Å². The summed E-state index contributed by atoms with van der Waals surface area (Å²) >= 11 is 0. The van der Waals surface area contributed by atoms with Crippen LogP contribution in [0.3, 0.4) is 0 Å². The molecular weight excluding hydrogens is 316 g/mol. The van der Waals surface area contributed by atoms with Crippen LogP contribution >= 0.6 is 0 Å². The van der Waals surface area contributed by atoms with Gasteiger partial charge in [0.1, 0.15) is 0 Å². The lowest BCUT2D eigenvalue weighted by molar-refractivity contribution is -0.0679. The van der Waals surface area contributed by atoms with Gasteiger partial charge in [0.2, 0.25) is 0 Å². The summed E-state index contributed by atoms with van der Waals surface area (Å²) < 4.78 is 5.73. The first-order valence-electron chi connectivity index (χ1n) is 8.87. The van der Waals surface area contributed by atoms with Crippen LogP contribution in [0.2, 0.25) is 0 Å². The minimum atomic E-state index is -0.174. The molecule has 25 heavy (non-hydrogen) atoms. The van der Waals surface area contributed by atoms with Gasteiger partial charge in [0.05, 0.1) is 17.7 Å². The average molecular weight is 342 g/mol. The third kappa shape index (κ3) is 5.14. The van der Waals surface area contributed by atoms with Gasteiger partial charge in [-0.05, 0) is 44.5 Å². The van der Waals surface area contributed by atoms with E-state index in [0.717, 1.165) is 42.6 Å². The molecule has 1 aromatic carbocycles. The molecule has 2 amide bonds. The zero-order chi connectivity index (χ0) is 17.6. The fraction of sp³-hybridized carbons (Fsp3) is 0.474. The number of hydrogen-bond donors (Lipinski definition) is 2. The number of hydrogen-bond acceptors (Lipinski definition) is 4. The average Bonchev–Trinajstić information content (AvgIpc) is 2.58. The Kier molecular flexibility index (Phi) is 5.83. The van der Waals surface area contributed by atoms with Crippen LogP contribution in [0.15, 0.2) is 36.5 Å². The summed E-state index contributed by atoms with van der Waals surface area (Å²) in [7, 11) is 0. The molecule has 6 nitrogen and oxygen atoms in total. The van der Waals surface area contributed by atoms with Gasteiger partial charge < -0.3 is 15.4 Å². The van der Waals surface area contributed by atoms with Gasteiger partial charge in [-0.15, -0.1) is 0 Å². The minimum absolute atomic E-state index is 0.174. The number of nitrogens with zero attached hydrogens (tertiary/aromatic N) is 2. The summed E-state index contributed by atoms with van der Waals surface area (Å²) in [6.45, 7) is 7.76. The van der Waals surface area contributed by atoms with Crippen LogP contribution in [0, 0.1) is 0 Å². The number of rotatable bonds is 5. The van der Waals surface area contributed by atoms with Gasteiger partial charge in [-0.25, -0.2) is 4.79 Å². The molecule has 1 aromatic heterocycles. The van der Waals surface area contributed by atoms with Crippen molar-refractivity contribution >= 4 is 22.6 Å². The summed E-state index contributed by atoms with van der Waals surface area (Å²) in [5, 5.41) is 6.80. The maximum Gasteiger partial charge on any atom is 0.319 e. The lowest BCUT2D eigenvalue weighted by Crippen LogP contribution is -2.46.